The van der Waals surface area contributed by atoms with Crippen molar-refractivity contribution >= 4 is 5.97 Å². The van der Waals surface area contributed by atoms with Gasteiger partial charge < -0.3 is 19.5 Å². The largest absolute Gasteiger partial charge is 0.480 e. The second kappa shape index (κ2) is 10.4. The van der Waals surface area contributed by atoms with Crippen LogP contribution in [0.15, 0.2) is 48.5 Å². The van der Waals surface area contributed by atoms with E-state index in [4.69, 9.17) is 14.6 Å². The van der Waals surface area contributed by atoms with Crippen molar-refractivity contribution in [3.05, 3.63) is 59.7 Å². The Bertz CT molecular complexity index is 751. The fraction of sp³-hybridized carbons (Fsp3) is 0.435. The van der Waals surface area contributed by atoms with Gasteiger partial charge in [0, 0.05) is 19.6 Å². The van der Waals surface area contributed by atoms with Crippen molar-refractivity contribution < 1.29 is 19.4 Å². The minimum atomic E-state index is -0.918. The first-order valence-corrected chi connectivity index (χ1v) is 9.90. The number of piperidine rings is 1. The molecule has 150 valence electrons. The molecule has 0 atom stereocenters. The van der Waals surface area contributed by atoms with Crippen molar-refractivity contribution in [1.82, 2.24) is 4.90 Å². The molecule has 0 radical (unpaired) electrons. The number of hydrogen-bond donors (Lipinski definition) is 1. The summed E-state index contributed by atoms with van der Waals surface area (Å²) in [5.74, 6) is -0.918. The number of aryl methyl sites for hydroxylation is 1. The van der Waals surface area contributed by atoms with Crippen molar-refractivity contribution in [3.63, 3.8) is 0 Å². The van der Waals surface area contributed by atoms with Crippen molar-refractivity contribution in [2.24, 2.45) is 0 Å². The second-order valence-electron chi connectivity index (χ2n) is 7.32. The van der Waals surface area contributed by atoms with Gasteiger partial charge in [-0.1, -0.05) is 54.1 Å². The Labute approximate surface area is 166 Å². The van der Waals surface area contributed by atoms with Crippen LogP contribution >= 0.6 is 0 Å². The minimum Gasteiger partial charge on any atom is -0.480 e. The number of rotatable bonds is 9. The number of nitrogens with zero attached hydrogens (tertiary/aromatic N) is 1. The van der Waals surface area contributed by atoms with E-state index in [1.807, 2.05) is 0 Å². The molecule has 5 nitrogen and oxygen atoms in total. The van der Waals surface area contributed by atoms with E-state index in [2.05, 4.69) is 60.4 Å². The molecule has 0 aliphatic carbocycles. The first kappa shape index (κ1) is 20.5. The van der Waals surface area contributed by atoms with E-state index in [9.17, 15) is 4.79 Å². The molecule has 1 fully saturated rings. The normalized spacial score (nSPS) is 15.6. The Morgan fingerprint density at radius 1 is 1.11 bits per heavy atom. The number of likely N-dealkylation sites (tertiary alicyclic amines) is 1. The Balaban J connectivity index is 1.46. The van der Waals surface area contributed by atoms with E-state index in [0.29, 0.717) is 13.2 Å². The van der Waals surface area contributed by atoms with Gasteiger partial charge in [0.25, 0.3) is 0 Å². The number of benzene rings is 2. The highest BCUT2D eigenvalue weighted by Crippen LogP contribution is 2.26. The lowest BCUT2D eigenvalue weighted by Crippen LogP contribution is -2.38. The van der Waals surface area contributed by atoms with Crippen LogP contribution in [0.25, 0.3) is 11.1 Å². The van der Waals surface area contributed by atoms with Gasteiger partial charge in [-0.15, -0.1) is 0 Å². The number of carboxylic acid groups (broad SMARTS) is 1. The lowest BCUT2D eigenvalue weighted by atomic mass is 9.99. The van der Waals surface area contributed by atoms with E-state index >= 15 is 0 Å². The number of ether oxygens (including phenoxy) is 2. The summed E-state index contributed by atoms with van der Waals surface area (Å²) in [4.78, 5) is 12.8. The maximum atomic E-state index is 10.5. The van der Waals surface area contributed by atoms with Gasteiger partial charge in [-0.3, -0.25) is 0 Å². The van der Waals surface area contributed by atoms with Crippen molar-refractivity contribution in [3.8, 4) is 11.1 Å². The van der Waals surface area contributed by atoms with E-state index in [0.717, 1.165) is 32.5 Å². The van der Waals surface area contributed by atoms with E-state index in [1.165, 1.54) is 22.3 Å². The summed E-state index contributed by atoms with van der Waals surface area (Å²) in [6.07, 6.45) is 2.25. The van der Waals surface area contributed by atoms with Crippen LogP contribution in [0.2, 0.25) is 0 Å². The predicted octanol–water partition coefficient (Wildman–Crippen LogP) is 3.74. The molecule has 5 heteroatoms. The number of carbonyl (C=O) groups is 1. The molecule has 1 aliphatic rings. The maximum absolute atomic E-state index is 10.5. The molecule has 0 spiro atoms. The molecule has 0 saturated carbocycles. The van der Waals surface area contributed by atoms with Gasteiger partial charge in [0.15, 0.2) is 0 Å². The van der Waals surface area contributed by atoms with Gasteiger partial charge in [-0.25, -0.2) is 4.79 Å². The van der Waals surface area contributed by atoms with Crippen LogP contribution in [-0.4, -0.2) is 54.9 Å². The molecule has 1 aliphatic heterocycles. The minimum absolute atomic E-state index is 0.222. The zero-order valence-corrected chi connectivity index (χ0v) is 16.5. The quantitative estimate of drug-likeness (QED) is 0.669. The molecule has 28 heavy (non-hydrogen) atoms. The smallest absolute Gasteiger partial charge is 0.329 e. The molecule has 0 amide bonds. The van der Waals surface area contributed by atoms with Gasteiger partial charge in [-0.05, 0) is 36.5 Å². The Morgan fingerprint density at radius 2 is 1.82 bits per heavy atom. The van der Waals surface area contributed by atoms with Gasteiger partial charge in [0.05, 0.1) is 19.3 Å². The Kier molecular flexibility index (Phi) is 7.60. The SMILES string of the molecule is Cc1ccc(-c2ccccc2COC2CCN(CCOCC(=O)O)CC2)cc1. The summed E-state index contributed by atoms with van der Waals surface area (Å²) in [6.45, 7) is 5.65. The van der Waals surface area contributed by atoms with Crippen molar-refractivity contribution in [1.29, 1.82) is 0 Å². The van der Waals surface area contributed by atoms with Gasteiger partial charge in [0.1, 0.15) is 6.61 Å². The van der Waals surface area contributed by atoms with Gasteiger partial charge in [0.2, 0.25) is 0 Å². The highest BCUT2D eigenvalue weighted by atomic mass is 16.5. The molecule has 1 heterocycles. The van der Waals surface area contributed by atoms with Crippen LogP contribution in [0.5, 0.6) is 0 Å². The molecule has 2 aromatic carbocycles. The maximum Gasteiger partial charge on any atom is 0.329 e. The summed E-state index contributed by atoms with van der Waals surface area (Å²) >= 11 is 0. The summed E-state index contributed by atoms with van der Waals surface area (Å²) < 4.78 is 11.3. The third-order valence-electron chi connectivity index (χ3n) is 5.17. The average molecular weight is 383 g/mol. The number of aliphatic carboxylic acids is 1. The molecule has 3 rings (SSSR count). The van der Waals surface area contributed by atoms with Gasteiger partial charge in [-0.2, -0.15) is 0 Å². The number of carboxylic acids is 1. The molecule has 0 aromatic heterocycles. The Morgan fingerprint density at radius 3 is 2.54 bits per heavy atom. The van der Waals surface area contributed by atoms with Crippen LogP contribution in [0.4, 0.5) is 0 Å². The molecule has 2 aromatic rings. The van der Waals surface area contributed by atoms with Crippen LogP contribution in [0.3, 0.4) is 0 Å². The zero-order valence-electron chi connectivity index (χ0n) is 16.5. The highest BCUT2D eigenvalue weighted by Gasteiger charge is 2.20. The Hall–Kier alpha value is -2.21. The molecular formula is C23H29NO4. The fourth-order valence-corrected chi connectivity index (χ4v) is 3.52. The first-order chi connectivity index (χ1) is 13.6. The predicted molar refractivity (Wildman–Crippen MR) is 109 cm³/mol. The summed E-state index contributed by atoms with van der Waals surface area (Å²) in [5.41, 5.74) is 4.94. The zero-order chi connectivity index (χ0) is 19.8. The molecule has 0 unspecified atom stereocenters. The second-order valence-corrected chi connectivity index (χ2v) is 7.32. The van der Waals surface area contributed by atoms with Crippen LogP contribution < -0.4 is 0 Å². The number of hydrogen-bond acceptors (Lipinski definition) is 4. The van der Waals surface area contributed by atoms with E-state index in [-0.39, 0.29) is 12.7 Å². The van der Waals surface area contributed by atoms with E-state index in [1.54, 1.807) is 0 Å². The summed E-state index contributed by atoms with van der Waals surface area (Å²) in [5, 5.41) is 8.59. The molecule has 1 N–H and O–H groups in total. The van der Waals surface area contributed by atoms with E-state index < -0.39 is 5.97 Å². The summed E-state index contributed by atoms with van der Waals surface area (Å²) in [6, 6.07) is 17.1. The lowest BCUT2D eigenvalue weighted by Gasteiger charge is -2.31. The molecule has 1 saturated heterocycles. The molecule has 0 bridgehead atoms. The monoisotopic (exact) mass is 383 g/mol. The highest BCUT2D eigenvalue weighted by molar-refractivity contribution is 5.68. The van der Waals surface area contributed by atoms with Crippen molar-refractivity contribution in [2.45, 2.75) is 32.5 Å². The third kappa shape index (κ3) is 6.16. The summed E-state index contributed by atoms with van der Waals surface area (Å²) in [7, 11) is 0. The molecular weight excluding hydrogens is 354 g/mol. The van der Waals surface area contributed by atoms with Gasteiger partial charge >= 0.3 is 5.97 Å². The fourth-order valence-electron chi connectivity index (χ4n) is 3.52. The standard InChI is InChI=1S/C23H29NO4/c1-18-6-8-19(9-7-18)22-5-3-2-4-20(22)16-28-21-10-12-24(13-11-21)14-15-27-17-23(25)26/h2-9,21H,10-17H2,1H3,(H,25,26). The third-order valence-corrected chi connectivity index (χ3v) is 5.17. The topological polar surface area (TPSA) is 59.0 Å². The average Bonchev–Trinajstić information content (AvgIpc) is 2.71. The van der Waals surface area contributed by atoms with Crippen LogP contribution in [-0.2, 0) is 20.9 Å². The van der Waals surface area contributed by atoms with Crippen molar-refractivity contribution in [2.75, 3.05) is 32.8 Å². The van der Waals surface area contributed by atoms with Crippen LogP contribution in [0.1, 0.15) is 24.0 Å². The van der Waals surface area contributed by atoms with Crippen LogP contribution in [0, 0.1) is 6.92 Å². The first-order valence-electron chi connectivity index (χ1n) is 9.90. The lowest BCUT2D eigenvalue weighted by molar-refractivity contribution is -0.142.